The van der Waals surface area contributed by atoms with E-state index in [1.165, 1.54) is 0 Å². The van der Waals surface area contributed by atoms with Gasteiger partial charge in [0.1, 0.15) is 5.57 Å². The molecule has 0 saturated heterocycles. The Morgan fingerprint density at radius 1 is 0.632 bits per heavy atom. The zero-order valence-corrected chi connectivity index (χ0v) is 8.04. The quantitative estimate of drug-likeness (QED) is 0.487. The molecule has 0 aliphatic heterocycles. The molecule has 0 aromatic rings. The zero-order valence-electron chi connectivity index (χ0n) is 8.04. The van der Waals surface area contributed by atoms with Gasteiger partial charge in [0.15, 0.2) is 0 Å². The summed E-state index contributed by atoms with van der Waals surface area (Å²) < 4.78 is 143. The Balaban J connectivity index is 6.56. The standard InChI is InChI=1S/C7F12/c8-3(9)1-2(5(11,12)13)4(10,6(14,15)16)7(17,18)19. The van der Waals surface area contributed by atoms with Gasteiger partial charge in [-0.15, -0.1) is 0 Å². The molecule has 0 heterocycles. The molecule has 0 radical (unpaired) electrons. The molecule has 0 spiro atoms. The second-order valence-electron chi connectivity index (χ2n) is 2.91. The third-order valence-corrected chi connectivity index (χ3v) is 1.63. The van der Waals surface area contributed by atoms with Gasteiger partial charge in [-0.1, -0.05) is 0 Å². The van der Waals surface area contributed by atoms with Crippen LogP contribution in [0.5, 0.6) is 0 Å². The van der Waals surface area contributed by atoms with Crippen LogP contribution in [0.15, 0.2) is 17.4 Å². The van der Waals surface area contributed by atoms with Crippen LogP contribution in [0.2, 0.25) is 0 Å². The molecule has 19 heavy (non-hydrogen) atoms. The first kappa shape index (κ1) is 17.7. The van der Waals surface area contributed by atoms with Crippen LogP contribution in [0.1, 0.15) is 0 Å². The van der Waals surface area contributed by atoms with E-state index in [1.54, 1.807) is 0 Å². The average molecular weight is 312 g/mol. The summed E-state index contributed by atoms with van der Waals surface area (Å²) in [5.74, 6) is 0. The Hall–Kier alpha value is -1.32. The Morgan fingerprint density at radius 3 is 1.11 bits per heavy atom. The van der Waals surface area contributed by atoms with Crippen molar-refractivity contribution in [2.24, 2.45) is 0 Å². The monoisotopic (exact) mass is 312 g/mol. The minimum absolute atomic E-state index is 0.567. The van der Waals surface area contributed by atoms with Gasteiger partial charge >= 0.3 is 30.3 Å². The first-order chi connectivity index (χ1) is 8.05. The number of hydrogen-bond acceptors (Lipinski definition) is 0. The van der Waals surface area contributed by atoms with Gasteiger partial charge in [0.25, 0.3) is 0 Å². The van der Waals surface area contributed by atoms with Gasteiger partial charge in [0.05, 0.1) is 0 Å². The lowest BCUT2D eigenvalue weighted by atomic mass is 9.94. The van der Waals surface area contributed by atoms with Gasteiger partial charge in [-0.3, -0.25) is 0 Å². The summed E-state index contributed by atoms with van der Waals surface area (Å²) in [7, 11) is 0. The number of halogens is 12. The maximum Gasteiger partial charge on any atom is 0.436 e. The van der Waals surface area contributed by atoms with E-state index in [9.17, 15) is 52.7 Å². The molecule has 12 heteroatoms. The maximum absolute atomic E-state index is 12.9. The van der Waals surface area contributed by atoms with Crippen LogP contribution in [0, 0.1) is 0 Å². The minimum Gasteiger partial charge on any atom is -0.217 e. The molecule has 0 bridgehead atoms. The molecule has 0 unspecified atom stereocenters. The van der Waals surface area contributed by atoms with E-state index in [2.05, 4.69) is 0 Å². The molecular weight excluding hydrogens is 312 g/mol. The average Bonchev–Trinajstić information content (AvgIpc) is 2.07. The normalized spacial score (nSPS) is 14.1. The van der Waals surface area contributed by atoms with Crippen molar-refractivity contribution in [1.29, 1.82) is 0 Å². The van der Waals surface area contributed by atoms with Gasteiger partial charge in [-0.05, 0) is 5.73 Å². The van der Waals surface area contributed by atoms with E-state index in [0.29, 0.717) is 0 Å². The van der Waals surface area contributed by atoms with Crippen LogP contribution in [0.3, 0.4) is 0 Å². The minimum atomic E-state index is -7.15. The summed E-state index contributed by atoms with van der Waals surface area (Å²) >= 11 is 0. The van der Waals surface area contributed by atoms with Crippen LogP contribution in [-0.4, -0.2) is 24.2 Å². The second-order valence-corrected chi connectivity index (χ2v) is 2.91. The third-order valence-electron chi connectivity index (χ3n) is 1.63. The molecule has 0 fully saturated rings. The first-order valence-corrected chi connectivity index (χ1v) is 3.77. The van der Waals surface area contributed by atoms with Crippen molar-refractivity contribution in [3.05, 3.63) is 17.4 Å². The van der Waals surface area contributed by atoms with Crippen LogP contribution in [0.25, 0.3) is 0 Å². The highest BCUT2D eigenvalue weighted by Crippen LogP contribution is 2.54. The van der Waals surface area contributed by atoms with Gasteiger partial charge < -0.3 is 0 Å². The van der Waals surface area contributed by atoms with Crippen LogP contribution in [0.4, 0.5) is 52.7 Å². The van der Waals surface area contributed by atoms with Gasteiger partial charge in [-0.2, -0.15) is 48.3 Å². The molecule has 0 rings (SSSR count). The summed E-state index contributed by atoms with van der Waals surface area (Å²) in [4.78, 5) is 0. The third kappa shape index (κ3) is 3.37. The van der Waals surface area contributed by atoms with Crippen molar-refractivity contribution in [2.75, 3.05) is 0 Å². The lowest BCUT2D eigenvalue weighted by molar-refractivity contribution is -0.337. The summed E-state index contributed by atoms with van der Waals surface area (Å²) in [6.07, 6.45) is -24.7. The van der Waals surface area contributed by atoms with E-state index in [1.807, 2.05) is 0 Å². The number of rotatable bonds is 1. The van der Waals surface area contributed by atoms with E-state index in [0.717, 1.165) is 0 Å². The number of hydrogen-bond donors (Lipinski definition) is 0. The van der Waals surface area contributed by atoms with Crippen molar-refractivity contribution in [3.63, 3.8) is 0 Å². The SMILES string of the molecule is FC(F)=C=C(C(F)(F)F)C(F)(C(F)(F)F)C(F)(F)F. The molecular formula is C7F12. The smallest absolute Gasteiger partial charge is 0.217 e. The largest absolute Gasteiger partial charge is 0.436 e. The Kier molecular flexibility index (Phi) is 4.33. The molecule has 0 nitrogen and oxygen atoms in total. The fourth-order valence-electron chi connectivity index (χ4n) is 0.891. The lowest BCUT2D eigenvalue weighted by Crippen LogP contribution is -2.57. The summed E-state index contributed by atoms with van der Waals surface area (Å²) in [6.45, 7) is 0. The Labute approximate surface area is 95.5 Å². The van der Waals surface area contributed by atoms with E-state index in [-0.39, 0.29) is 0 Å². The van der Waals surface area contributed by atoms with Gasteiger partial charge in [0.2, 0.25) is 0 Å². The topological polar surface area (TPSA) is 0 Å². The van der Waals surface area contributed by atoms with Gasteiger partial charge in [0, 0.05) is 0 Å². The fourth-order valence-corrected chi connectivity index (χ4v) is 0.891. The molecule has 0 aromatic carbocycles. The molecule has 0 saturated carbocycles. The van der Waals surface area contributed by atoms with Crippen LogP contribution >= 0.6 is 0 Å². The predicted octanol–water partition coefficient (Wildman–Crippen LogP) is 4.69. The highest BCUT2D eigenvalue weighted by molar-refractivity contribution is 5.27. The van der Waals surface area contributed by atoms with E-state index in [4.69, 9.17) is 0 Å². The molecule has 0 aromatic heterocycles. The Bertz CT molecular complexity index is 379. The van der Waals surface area contributed by atoms with Crippen molar-refractivity contribution >= 4 is 0 Å². The predicted molar refractivity (Wildman–Crippen MR) is 34.8 cm³/mol. The van der Waals surface area contributed by atoms with Crippen LogP contribution in [-0.2, 0) is 0 Å². The maximum atomic E-state index is 12.9. The van der Waals surface area contributed by atoms with Crippen molar-refractivity contribution < 1.29 is 52.7 Å². The molecule has 0 atom stereocenters. The summed E-state index contributed by atoms with van der Waals surface area (Å²) in [5.41, 5.74) is -11.8. The number of alkyl halides is 10. The molecule has 0 aliphatic carbocycles. The highest BCUT2D eigenvalue weighted by Gasteiger charge is 2.78. The Morgan fingerprint density at radius 2 is 0.947 bits per heavy atom. The fraction of sp³-hybridized carbons (Fsp3) is 0.571. The molecule has 0 N–H and O–H groups in total. The van der Waals surface area contributed by atoms with Crippen molar-refractivity contribution in [2.45, 2.75) is 24.2 Å². The molecule has 0 amide bonds. The lowest BCUT2D eigenvalue weighted by Gasteiger charge is -2.31. The van der Waals surface area contributed by atoms with Crippen molar-refractivity contribution in [3.8, 4) is 0 Å². The van der Waals surface area contributed by atoms with E-state index < -0.39 is 41.6 Å². The van der Waals surface area contributed by atoms with Crippen molar-refractivity contribution in [1.82, 2.24) is 0 Å². The van der Waals surface area contributed by atoms with Gasteiger partial charge in [-0.25, -0.2) is 4.39 Å². The second kappa shape index (κ2) is 4.66. The molecule has 112 valence electrons. The summed E-state index contributed by atoms with van der Waals surface area (Å²) in [5, 5.41) is 0. The molecule has 0 aliphatic rings. The first-order valence-electron chi connectivity index (χ1n) is 3.77. The summed E-state index contributed by atoms with van der Waals surface area (Å²) in [6, 6.07) is 0. The highest BCUT2D eigenvalue weighted by atomic mass is 19.4. The van der Waals surface area contributed by atoms with Crippen LogP contribution < -0.4 is 0 Å². The number of allylic oxidation sites excluding steroid dienone is 1. The van der Waals surface area contributed by atoms with E-state index >= 15 is 0 Å². The zero-order chi connectivity index (χ0) is 15.9.